The maximum Gasteiger partial charge on any atom is 0.224 e. The number of nitrogens with one attached hydrogen (secondary N) is 1. The topological polar surface area (TPSA) is 76.2 Å². The van der Waals surface area contributed by atoms with Crippen molar-refractivity contribution in [2.45, 2.75) is 26.4 Å². The number of carbonyl (C=O) groups excluding carboxylic acids is 2. The molecule has 3 rings (SSSR count). The van der Waals surface area contributed by atoms with Crippen LogP contribution in [0.25, 0.3) is 0 Å². The molecule has 0 atom stereocenters. The van der Waals surface area contributed by atoms with E-state index in [9.17, 15) is 14.4 Å². The highest BCUT2D eigenvalue weighted by atomic mass is 16.5. The molecular formula is C23H21NO4. The molecule has 0 fully saturated rings. The first-order valence-corrected chi connectivity index (χ1v) is 9.01. The van der Waals surface area contributed by atoms with Crippen molar-refractivity contribution in [2.75, 3.05) is 0 Å². The van der Waals surface area contributed by atoms with Gasteiger partial charge in [-0.05, 0) is 23.6 Å². The van der Waals surface area contributed by atoms with Crippen LogP contribution in [0.15, 0.2) is 71.7 Å². The monoisotopic (exact) mass is 375 g/mol. The third-order valence-electron chi connectivity index (χ3n) is 4.22. The first-order valence-electron chi connectivity index (χ1n) is 9.01. The minimum atomic E-state index is -0.344. The average molecular weight is 375 g/mol. The summed E-state index contributed by atoms with van der Waals surface area (Å²) < 4.78 is 5.54. The van der Waals surface area contributed by atoms with Gasteiger partial charge in [-0.1, -0.05) is 54.6 Å². The van der Waals surface area contributed by atoms with E-state index in [1.807, 2.05) is 54.6 Å². The van der Waals surface area contributed by atoms with Crippen molar-refractivity contribution < 1.29 is 14.3 Å². The molecule has 142 valence electrons. The molecule has 2 aromatic carbocycles. The lowest BCUT2D eigenvalue weighted by atomic mass is 10.0. The molecule has 28 heavy (non-hydrogen) atoms. The summed E-state index contributed by atoms with van der Waals surface area (Å²) in [6, 6.07) is 18.1. The third kappa shape index (κ3) is 5.27. The zero-order valence-corrected chi connectivity index (χ0v) is 15.6. The lowest BCUT2D eigenvalue weighted by Gasteiger charge is -2.07. The Morgan fingerprint density at radius 2 is 1.57 bits per heavy atom. The van der Waals surface area contributed by atoms with Gasteiger partial charge in [0.05, 0.1) is 5.69 Å². The van der Waals surface area contributed by atoms with Crippen molar-refractivity contribution >= 4 is 11.6 Å². The van der Waals surface area contributed by atoms with Gasteiger partial charge in [-0.3, -0.25) is 14.4 Å². The Balaban J connectivity index is 1.67. The zero-order chi connectivity index (χ0) is 19.9. The molecule has 1 N–H and O–H groups in total. The largest absolute Gasteiger partial charge is 0.483 e. The number of hydrogen-bond donors (Lipinski definition) is 1. The summed E-state index contributed by atoms with van der Waals surface area (Å²) in [5, 5.41) is 0. The Bertz CT molecular complexity index is 1040. The van der Waals surface area contributed by atoms with Crippen molar-refractivity contribution in [1.29, 1.82) is 0 Å². The number of hydrogen-bond acceptors (Lipinski definition) is 4. The van der Waals surface area contributed by atoms with Gasteiger partial charge in [0, 0.05) is 25.1 Å². The van der Waals surface area contributed by atoms with Crippen LogP contribution in [0, 0.1) is 0 Å². The quantitative estimate of drug-likeness (QED) is 0.611. The zero-order valence-electron chi connectivity index (χ0n) is 15.6. The molecule has 5 heteroatoms. The predicted octanol–water partition coefficient (Wildman–Crippen LogP) is 3.51. The van der Waals surface area contributed by atoms with Crippen LogP contribution in [0.5, 0.6) is 5.75 Å². The summed E-state index contributed by atoms with van der Waals surface area (Å²) >= 11 is 0. The molecule has 5 nitrogen and oxygen atoms in total. The number of benzene rings is 2. The summed E-state index contributed by atoms with van der Waals surface area (Å²) in [5.41, 5.74) is 2.51. The number of H-pyrrole nitrogens is 1. The lowest BCUT2D eigenvalue weighted by molar-refractivity contribution is -0.116. The van der Waals surface area contributed by atoms with E-state index in [1.165, 1.54) is 19.2 Å². The van der Waals surface area contributed by atoms with E-state index in [4.69, 9.17) is 4.74 Å². The van der Waals surface area contributed by atoms with E-state index in [2.05, 4.69) is 4.98 Å². The second-order valence-electron chi connectivity index (χ2n) is 6.65. The molecule has 1 heterocycles. The molecule has 0 saturated heterocycles. The lowest BCUT2D eigenvalue weighted by Crippen LogP contribution is -2.14. The summed E-state index contributed by atoms with van der Waals surface area (Å²) in [7, 11) is 0. The maximum atomic E-state index is 12.5. The second-order valence-corrected chi connectivity index (χ2v) is 6.65. The molecule has 0 unspecified atom stereocenters. The number of Topliss-reactive ketones (excluding diaryl/α,β-unsaturated/α-hetero) is 2. The van der Waals surface area contributed by atoms with E-state index in [0.717, 1.165) is 16.7 Å². The fraction of sp³-hybridized carbons (Fsp3) is 0.174. The molecule has 1 aromatic heterocycles. The number of rotatable bonds is 8. The molecule has 0 radical (unpaired) electrons. The molecule has 0 aliphatic heterocycles. The van der Waals surface area contributed by atoms with Crippen LogP contribution >= 0.6 is 0 Å². The highest BCUT2D eigenvalue weighted by Crippen LogP contribution is 2.11. The Labute approximate surface area is 163 Å². The Kier molecular flexibility index (Phi) is 6.17. The number of aromatic nitrogens is 1. The number of pyridine rings is 1. The molecule has 0 amide bonds. The summed E-state index contributed by atoms with van der Waals surface area (Å²) in [6.45, 7) is 1.81. The fourth-order valence-electron chi connectivity index (χ4n) is 2.89. The Morgan fingerprint density at radius 1 is 0.893 bits per heavy atom. The number of carbonyl (C=O) groups is 2. The van der Waals surface area contributed by atoms with Crippen molar-refractivity contribution in [1.82, 2.24) is 4.98 Å². The minimum Gasteiger partial charge on any atom is -0.483 e. The molecule has 0 bridgehead atoms. The molecule has 0 aliphatic carbocycles. The Morgan fingerprint density at radius 3 is 2.25 bits per heavy atom. The van der Waals surface area contributed by atoms with Crippen LogP contribution < -0.4 is 10.2 Å². The van der Waals surface area contributed by atoms with Crippen LogP contribution in [-0.2, 0) is 24.2 Å². The molecule has 0 aliphatic rings. The Hall–Kier alpha value is -3.47. The van der Waals surface area contributed by atoms with Crippen LogP contribution in [0.2, 0.25) is 0 Å². The number of ketones is 2. The molecule has 3 aromatic rings. The van der Waals surface area contributed by atoms with E-state index in [-0.39, 0.29) is 41.5 Å². The van der Waals surface area contributed by atoms with Crippen molar-refractivity contribution in [3.05, 3.63) is 99.5 Å². The van der Waals surface area contributed by atoms with Crippen molar-refractivity contribution in [3.8, 4) is 5.75 Å². The number of ether oxygens (including phenoxy) is 1. The van der Waals surface area contributed by atoms with Crippen LogP contribution in [0.4, 0.5) is 0 Å². The SMILES string of the molecule is CC(=O)Cc1cccc(CC(=O)c2cc(=O)c(OCc3ccccc3)c[nH]2)c1. The van der Waals surface area contributed by atoms with E-state index in [0.29, 0.717) is 6.42 Å². The highest BCUT2D eigenvalue weighted by Gasteiger charge is 2.11. The fourth-order valence-corrected chi connectivity index (χ4v) is 2.89. The molecular weight excluding hydrogens is 354 g/mol. The smallest absolute Gasteiger partial charge is 0.224 e. The van der Waals surface area contributed by atoms with Crippen LogP contribution in [0.1, 0.15) is 34.1 Å². The summed E-state index contributed by atoms with van der Waals surface area (Å²) in [4.78, 5) is 38.9. The summed E-state index contributed by atoms with van der Waals surface area (Å²) in [5.74, 6) is 0.0365. The van der Waals surface area contributed by atoms with Crippen LogP contribution in [-0.4, -0.2) is 16.6 Å². The van der Waals surface area contributed by atoms with Gasteiger partial charge >= 0.3 is 0 Å². The van der Waals surface area contributed by atoms with E-state index in [1.54, 1.807) is 0 Å². The van der Waals surface area contributed by atoms with Gasteiger partial charge < -0.3 is 9.72 Å². The summed E-state index contributed by atoms with van der Waals surface area (Å²) in [6.07, 6.45) is 1.91. The van der Waals surface area contributed by atoms with Crippen LogP contribution in [0.3, 0.4) is 0 Å². The maximum absolute atomic E-state index is 12.5. The third-order valence-corrected chi connectivity index (χ3v) is 4.22. The second kappa shape index (κ2) is 8.95. The predicted molar refractivity (Wildman–Crippen MR) is 107 cm³/mol. The van der Waals surface area contributed by atoms with Gasteiger partial charge in [-0.2, -0.15) is 0 Å². The first-order chi connectivity index (χ1) is 13.5. The van der Waals surface area contributed by atoms with Crippen molar-refractivity contribution in [3.63, 3.8) is 0 Å². The molecule has 0 spiro atoms. The number of aromatic amines is 1. The first kappa shape index (κ1) is 19.3. The van der Waals surface area contributed by atoms with E-state index < -0.39 is 0 Å². The average Bonchev–Trinajstić information content (AvgIpc) is 2.67. The van der Waals surface area contributed by atoms with Gasteiger partial charge in [0.2, 0.25) is 5.43 Å². The standard InChI is InChI=1S/C23H21NO4/c1-16(25)10-18-8-5-9-19(11-18)12-21(26)20-13-22(27)23(14-24-20)28-15-17-6-3-2-4-7-17/h2-9,11,13-14H,10,12,15H2,1H3,(H,24,27). The van der Waals surface area contributed by atoms with Gasteiger partial charge in [-0.15, -0.1) is 0 Å². The van der Waals surface area contributed by atoms with Gasteiger partial charge in [0.1, 0.15) is 12.4 Å². The van der Waals surface area contributed by atoms with E-state index >= 15 is 0 Å². The highest BCUT2D eigenvalue weighted by molar-refractivity contribution is 5.95. The van der Waals surface area contributed by atoms with Crippen molar-refractivity contribution in [2.24, 2.45) is 0 Å². The normalized spacial score (nSPS) is 10.5. The minimum absolute atomic E-state index is 0.0684. The van der Waals surface area contributed by atoms with Gasteiger partial charge in [0.15, 0.2) is 11.5 Å². The van der Waals surface area contributed by atoms with Gasteiger partial charge in [-0.25, -0.2) is 0 Å². The van der Waals surface area contributed by atoms with Gasteiger partial charge in [0.25, 0.3) is 0 Å². The molecule has 0 saturated carbocycles.